The van der Waals surface area contributed by atoms with E-state index in [1.807, 2.05) is 0 Å². The smallest absolute Gasteiger partial charge is 0.0328 e. The average Bonchev–Trinajstić information content (AvgIpc) is 2.85. The molecule has 1 heterocycles. The van der Waals surface area contributed by atoms with Crippen LogP contribution in [0.25, 0.3) is 0 Å². The molecule has 0 amide bonds. The standard InChI is InChI=1S/C14H17NS/c1-2-14(13-8-9-16-11-13)15-10-12-6-4-3-5-7-12/h3-9,11,14-15H,2,10H2,1H3. The third kappa shape index (κ3) is 2.94. The van der Waals surface area contributed by atoms with Crippen molar-refractivity contribution in [2.24, 2.45) is 0 Å². The van der Waals surface area contributed by atoms with Crippen LogP contribution in [-0.4, -0.2) is 0 Å². The number of rotatable bonds is 5. The van der Waals surface area contributed by atoms with E-state index in [-0.39, 0.29) is 0 Å². The van der Waals surface area contributed by atoms with Gasteiger partial charge in [0.1, 0.15) is 0 Å². The van der Waals surface area contributed by atoms with Gasteiger partial charge in [-0.3, -0.25) is 0 Å². The van der Waals surface area contributed by atoms with E-state index in [0.717, 1.165) is 13.0 Å². The summed E-state index contributed by atoms with van der Waals surface area (Å²) >= 11 is 1.76. The van der Waals surface area contributed by atoms with Crippen LogP contribution in [0.5, 0.6) is 0 Å². The summed E-state index contributed by atoms with van der Waals surface area (Å²) in [5, 5.41) is 7.96. The summed E-state index contributed by atoms with van der Waals surface area (Å²) in [5.74, 6) is 0. The first-order valence-corrected chi connectivity index (χ1v) is 6.64. The normalized spacial score (nSPS) is 12.6. The van der Waals surface area contributed by atoms with E-state index in [0.29, 0.717) is 6.04 Å². The van der Waals surface area contributed by atoms with E-state index in [1.54, 1.807) is 11.3 Å². The van der Waals surface area contributed by atoms with Gasteiger partial charge in [-0.2, -0.15) is 11.3 Å². The molecule has 2 rings (SSSR count). The van der Waals surface area contributed by atoms with Crippen molar-refractivity contribution in [2.75, 3.05) is 0 Å². The highest BCUT2D eigenvalue weighted by atomic mass is 32.1. The predicted octanol–water partition coefficient (Wildman–Crippen LogP) is 3.99. The lowest BCUT2D eigenvalue weighted by atomic mass is 10.1. The fourth-order valence-electron chi connectivity index (χ4n) is 1.81. The maximum Gasteiger partial charge on any atom is 0.0328 e. The molecule has 0 fully saturated rings. The first-order valence-electron chi connectivity index (χ1n) is 5.69. The Balaban J connectivity index is 1.94. The lowest BCUT2D eigenvalue weighted by molar-refractivity contribution is 0.520. The van der Waals surface area contributed by atoms with Crippen molar-refractivity contribution in [3.8, 4) is 0 Å². The Kier molecular flexibility index (Phi) is 4.14. The van der Waals surface area contributed by atoms with Crippen molar-refractivity contribution >= 4 is 11.3 Å². The number of thiophene rings is 1. The van der Waals surface area contributed by atoms with Gasteiger partial charge in [-0.15, -0.1) is 0 Å². The molecule has 0 spiro atoms. The van der Waals surface area contributed by atoms with Crippen LogP contribution in [0.1, 0.15) is 30.5 Å². The molecule has 2 heteroatoms. The summed E-state index contributed by atoms with van der Waals surface area (Å²) in [5.41, 5.74) is 2.75. The second-order valence-electron chi connectivity index (χ2n) is 3.88. The summed E-state index contributed by atoms with van der Waals surface area (Å²) in [6.45, 7) is 3.16. The first kappa shape index (κ1) is 11.4. The summed E-state index contributed by atoms with van der Waals surface area (Å²) in [6, 6.07) is 13.2. The van der Waals surface area contributed by atoms with Crippen LogP contribution in [0.15, 0.2) is 47.2 Å². The molecule has 0 aliphatic rings. The van der Waals surface area contributed by atoms with Gasteiger partial charge in [0, 0.05) is 12.6 Å². The molecule has 16 heavy (non-hydrogen) atoms. The molecule has 1 aromatic carbocycles. The Bertz CT molecular complexity index is 394. The topological polar surface area (TPSA) is 12.0 Å². The fourth-order valence-corrected chi connectivity index (χ4v) is 2.52. The van der Waals surface area contributed by atoms with E-state index in [2.05, 4.69) is 59.4 Å². The van der Waals surface area contributed by atoms with Crippen molar-refractivity contribution in [1.29, 1.82) is 0 Å². The minimum Gasteiger partial charge on any atom is -0.306 e. The molecule has 0 saturated heterocycles. The fraction of sp³-hybridized carbons (Fsp3) is 0.286. The Morgan fingerprint density at radius 3 is 2.62 bits per heavy atom. The summed E-state index contributed by atoms with van der Waals surface area (Å²) < 4.78 is 0. The Morgan fingerprint density at radius 1 is 1.19 bits per heavy atom. The number of hydrogen-bond acceptors (Lipinski definition) is 2. The number of benzene rings is 1. The minimum atomic E-state index is 0.478. The molecule has 1 atom stereocenters. The van der Waals surface area contributed by atoms with Crippen molar-refractivity contribution in [1.82, 2.24) is 5.32 Å². The van der Waals surface area contributed by atoms with Gasteiger partial charge < -0.3 is 5.32 Å². The molecule has 1 aromatic heterocycles. The monoisotopic (exact) mass is 231 g/mol. The predicted molar refractivity (Wildman–Crippen MR) is 70.6 cm³/mol. The Morgan fingerprint density at radius 2 is 2.00 bits per heavy atom. The van der Waals surface area contributed by atoms with Crippen molar-refractivity contribution in [2.45, 2.75) is 25.9 Å². The maximum atomic E-state index is 3.59. The second-order valence-corrected chi connectivity index (χ2v) is 4.66. The number of hydrogen-bond donors (Lipinski definition) is 1. The lowest BCUT2D eigenvalue weighted by Crippen LogP contribution is -2.19. The van der Waals surface area contributed by atoms with Crippen LogP contribution in [0, 0.1) is 0 Å². The van der Waals surface area contributed by atoms with Crippen LogP contribution < -0.4 is 5.32 Å². The van der Waals surface area contributed by atoms with Gasteiger partial charge >= 0.3 is 0 Å². The zero-order valence-electron chi connectivity index (χ0n) is 9.52. The molecule has 1 nitrogen and oxygen atoms in total. The zero-order valence-corrected chi connectivity index (χ0v) is 10.3. The highest BCUT2D eigenvalue weighted by Crippen LogP contribution is 2.19. The van der Waals surface area contributed by atoms with E-state index in [4.69, 9.17) is 0 Å². The zero-order chi connectivity index (χ0) is 11.2. The van der Waals surface area contributed by atoms with Gasteiger partial charge in [0.15, 0.2) is 0 Å². The van der Waals surface area contributed by atoms with E-state index >= 15 is 0 Å². The molecular formula is C14H17NS. The maximum absolute atomic E-state index is 3.59. The molecule has 0 aliphatic carbocycles. The van der Waals surface area contributed by atoms with E-state index in [9.17, 15) is 0 Å². The van der Waals surface area contributed by atoms with Crippen LogP contribution in [0.4, 0.5) is 0 Å². The minimum absolute atomic E-state index is 0.478. The summed E-state index contributed by atoms with van der Waals surface area (Å²) in [4.78, 5) is 0. The van der Waals surface area contributed by atoms with E-state index < -0.39 is 0 Å². The van der Waals surface area contributed by atoms with Crippen LogP contribution in [0.2, 0.25) is 0 Å². The highest BCUT2D eigenvalue weighted by Gasteiger charge is 2.08. The molecule has 0 saturated carbocycles. The second kappa shape index (κ2) is 5.83. The molecule has 84 valence electrons. The van der Waals surface area contributed by atoms with Crippen molar-refractivity contribution in [3.63, 3.8) is 0 Å². The van der Waals surface area contributed by atoms with Crippen LogP contribution >= 0.6 is 11.3 Å². The van der Waals surface area contributed by atoms with Crippen molar-refractivity contribution < 1.29 is 0 Å². The van der Waals surface area contributed by atoms with Crippen molar-refractivity contribution in [3.05, 3.63) is 58.3 Å². The van der Waals surface area contributed by atoms with Gasteiger partial charge in [-0.1, -0.05) is 37.3 Å². The molecule has 1 unspecified atom stereocenters. The molecule has 1 N–H and O–H groups in total. The molecule has 0 radical (unpaired) electrons. The SMILES string of the molecule is CCC(NCc1ccccc1)c1ccsc1. The molecule has 0 bridgehead atoms. The summed E-state index contributed by atoms with van der Waals surface area (Å²) in [6.07, 6.45) is 1.13. The largest absolute Gasteiger partial charge is 0.306 e. The Labute approximate surface area is 101 Å². The lowest BCUT2D eigenvalue weighted by Gasteiger charge is -2.15. The van der Waals surface area contributed by atoms with Crippen LogP contribution in [0.3, 0.4) is 0 Å². The third-order valence-electron chi connectivity index (χ3n) is 2.75. The Hall–Kier alpha value is -1.12. The van der Waals surface area contributed by atoms with Gasteiger partial charge in [0.25, 0.3) is 0 Å². The highest BCUT2D eigenvalue weighted by molar-refractivity contribution is 7.07. The summed E-state index contributed by atoms with van der Waals surface area (Å²) in [7, 11) is 0. The first-order chi connectivity index (χ1) is 7.90. The molecule has 0 aliphatic heterocycles. The quantitative estimate of drug-likeness (QED) is 0.820. The van der Waals surface area contributed by atoms with Gasteiger partial charge in [0.05, 0.1) is 0 Å². The third-order valence-corrected chi connectivity index (χ3v) is 3.45. The van der Waals surface area contributed by atoms with Gasteiger partial charge in [-0.05, 0) is 34.4 Å². The van der Waals surface area contributed by atoms with Crippen LogP contribution in [-0.2, 0) is 6.54 Å². The molecular weight excluding hydrogens is 214 g/mol. The number of nitrogens with one attached hydrogen (secondary N) is 1. The van der Waals surface area contributed by atoms with E-state index in [1.165, 1.54) is 11.1 Å². The average molecular weight is 231 g/mol. The van der Waals surface area contributed by atoms with Gasteiger partial charge in [0.2, 0.25) is 0 Å². The molecule has 2 aromatic rings. The van der Waals surface area contributed by atoms with Gasteiger partial charge in [-0.25, -0.2) is 0 Å².